The van der Waals surface area contributed by atoms with Gasteiger partial charge in [0, 0.05) is 17.4 Å². The maximum absolute atomic E-state index is 12.1. The molecule has 0 radical (unpaired) electrons. The van der Waals surface area contributed by atoms with E-state index in [1.54, 1.807) is 24.7 Å². The Balaban J connectivity index is 2.22. The molecule has 0 fully saturated rings. The molecule has 1 aliphatic rings. The number of hydrogen-bond donors (Lipinski definition) is 0. The molecule has 0 aliphatic carbocycles. The second-order valence-electron chi connectivity index (χ2n) is 5.14. The van der Waals surface area contributed by atoms with Crippen LogP contribution >= 0.6 is 11.6 Å². The lowest BCUT2D eigenvalue weighted by Gasteiger charge is -2.39. The Hall–Kier alpha value is -1.81. The second-order valence-corrected chi connectivity index (χ2v) is 5.57. The third kappa shape index (κ3) is 1.92. The van der Waals surface area contributed by atoms with Gasteiger partial charge in [0.25, 0.3) is 0 Å². The van der Waals surface area contributed by atoms with Crippen molar-refractivity contribution in [1.29, 1.82) is 0 Å². The molecule has 0 unspecified atom stereocenters. The average molecular weight is 277 g/mol. The number of esters is 1. The zero-order valence-electron chi connectivity index (χ0n) is 10.6. The number of rotatable bonds is 1. The van der Waals surface area contributed by atoms with Gasteiger partial charge < -0.3 is 9.30 Å². The van der Waals surface area contributed by atoms with E-state index in [1.807, 2.05) is 30.7 Å². The molecule has 1 aromatic heterocycles. The Morgan fingerprint density at radius 2 is 2.21 bits per heavy atom. The summed E-state index contributed by atoms with van der Waals surface area (Å²) in [5.74, 6) is -0.334. The van der Waals surface area contributed by atoms with E-state index >= 15 is 0 Å². The van der Waals surface area contributed by atoms with Gasteiger partial charge in [-0.05, 0) is 31.5 Å². The molecule has 0 bridgehead atoms. The lowest BCUT2D eigenvalue weighted by Crippen LogP contribution is -2.43. The standard InChI is InChI=1S/C14H13ClN2O2/c1-14(2)12(17-6-5-16-8-17)10-4-3-9(15)7-11(10)13(18)19-14/h3-8,12H,1-2H3/t12-/m0/s1. The van der Waals surface area contributed by atoms with Gasteiger partial charge in [0.15, 0.2) is 0 Å². The van der Waals surface area contributed by atoms with Crippen molar-refractivity contribution >= 4 is 17.6 Å². The molecule has 0 N–H and O–H groups in total. The van der Waals surface area contributed by atoms with Gasteiger partial charge in [-0.3, -0.25) is 0 Å². The fraction of sp³-hybridized carbons (Fsp3) is 0.286. The summed E-state index contributed by atoms with van der Waals surface area (Å²) in [7, 11) is 0. The minimum atomic E-state index is -0.640. The van der Waals surface area contributed by atoms with E-state index < -0.39 is 5.60 Å². The average Bonchev–Trinajstić information content (AvgIpc) is 2.82. The number of fused-ring (bicyclic) bond motifs is 1. The first kappa shape index (κ1) is 12.2. The van der Waals surface area contributed by atoms with Crippen LogP contribution < -0.4 is 0 Å². The maximum Gasteiger partial charge on any atom is 0.339 e. The Morgan fingerprint density at radius 1 is 1.42 bits per heavy atom. The molecular weight excluding hydrogens is 264 g/mol. The smallest absolute Gasteiger partial charge is 0.339 e. The number of cyclic esters (lactones) is 1. The van der Waals surface area contributed by atoms with Crippen LogP contribution in [0.25, 0.3) is 0 Å². The van der Waals surface area contributed by atoms with Crippen molar-refractivity contribution in [3.8, 4) is 0 Å². The molecule has 1 aromatic carbocycles. The number of imidazole rings is 1. The Kier molecular flexibility index (Phi) is 2.64. The third-order valence-electron chi connectivity index (χ3n) is 3.37. The van der Waals surface area contributed by atoms with Crippen LogP contribution in [-0.2, 0) is 4.74 Å². The molecule has 1 aliphatic heterocycles. The number of halogens is 1. The number of hydrogen-bond acceptors (Lipinski definition) is 3. The fourth-order valence-corrected chi connectivity index (χ4v) is 2.78. The molecule has 0 saturated heterocycles. The van der Waals surface area contributed by atoms with E-state index in [0.717, 1.165) is 5.56 Å². The molecule has 1 atom stereocenters. The highest BCUT2D eigenvalue weighted by Crippen LogP contribution is 2.40. The van der Waals surface area contributed by atoms with Crippen LogP contribution in [0.3, 0.4) is 0 Å². The molecule has 5 heteroatoms. The van der Waals surface area contributed by atoms with E-state index in [-0.39, 0.29) is 12.0 Å². The van der Waals surface area contributed by atoms with Crippen molar-refractivity contribution in [1.82, 2.24) is 9.55 Å². The Labute approximate surface area is 116 Å². The first-order chi connectivity index (χ1) is 8.99. The zero-order chi connectivity index (χ0) is 13.6. The molecule has 4 nitrogen and oxygen atoms in total. The van der Waals surface area contributed by atoms with Gasteiger partial charge in [0.2, 0.25) is 0 Å². The highest BCUT2D eigenvalue weighted by Gasteiger charge is 2.42. The van der Waals surface area contributed by atoms with Gasteiger partial charge in [-0.25, -0.2) is 9.78 Å². The van der Waals surface area contributed by atoms with Gasteiger partial charge in [-0.2, -0.15) is 0 Å². The van der Waals surface area contributed by atoms with Crippen molar-refractivity contribution in [2.24, 2.45) is 0 Å². The summed E-state index contributed by atoms with van der Waals surface area (Å²) in [6, 6.07) is 5.21. The van der Waals surface area contributed by atoms with Gasteiger partial charge in [-0.15, -0.1) is 0 Å². The zero-order valence-corrected chi connectivity index (χ0v) is 11.4. The number of carbonyl (C=O) groups is 1. The van der Waals surface area contributed by atoms with Crippen molar-refractivity contribution in [3.05, 3.63) is 53.1 Å². The van der Waals surface area contributed by atoms with Crippen LogP contribution in [0, 0.1) is 0 Å². The summed E-state index contributed by atoms with van der Waals surface area (Å²) in [6.07, 6.45) is 5.30. The number of benzene rings is 1. The van der Waals surface area contributed by atoms with E-state index in [4.69, 9.17) is 16.3 Å². The van der Waals surface area contributed by atoms with Crippen molar-refractivity contribution in [2.45, 2.75) is 25.5 Å². The quantitative estimate of drug-likeness (QED) is 0.752. The number of carbonyl (C=O) groups excluding carboxylic acids is 1. The van der Waals surface area contributed by atoms with Crippen molar-refractivity contribution in [3.63, 3.8) is 0 Å². The molecule has 2 heterocycles. The minimum absolute atomic E-state index is 0.111. The Bertz CT molecular complexity index is 635. The largest absolute Gasteiger partial charge is 0.453 e. The van der Waals surface area contributed by atoms with Crippen molar-refractivity contribution in [2.75, 3.05) is 0 Å². The highest BCUT2D eigenvalue weighted by molar-refractivity contribution is 6.31. The minimum Gasteiger partial charge on any atom is -0.453 e. The summed E-state index contributed by atoms with van der Waals surface area (Å²) in [5.41, 5.74) is 0.785. The molecular formula is C14H13ClN2O2. The molecule has 98 valence electrons. The summed E-state index contributed by atoms with van der Waals surface area (Å²) in [4.78, 5) is 16.1. The van der Waals surface area contributed by atoms with E-state index in [0.29, 0.717) is 10.6 Å². The number of ether oxygens (including phenoxy) is 1. The van der Waals surface area contributed by atoms with Gasteiger partial charge in [0.1, 0.15) is 5.60 Å². The normalized spacial score (nSPS) is 20.8. The molecule has 0 saturated carbocycles. The lowest BCUT2D eigenvalue weighted by atomic mass is 9.85. The lowest BCUT2D eigenvalue weighted by molar-refractivity contribution is -0.0261. The molecule has 0 spiro atoms. The fourth-order valence-electron chi connectivity index (χ4n) is 2.61. The van der Waals surface area contributed by atoms with Crippen LogP contribution in [0.5, 0.6) is 0 Å². The summed E-state index contributed by atoms with van der Waals surface area (Å²) >= 11 is 5.96. The van der Waals surface area contributed by atoms with Crippen LogP contribution in [0.4, 0.5) is 0 Å². The van der Waals surface area contributed by atoms with Gasteiger partial charge in [0.05, 0.1) is 17.9 Å². The first-order valence-corrected chi connectivity index (χ1v) is 6.37. The van der Waals surface area contributed by atoms with Crippen LogP contribution in [0.1, 0.15) is 35.8 Å². The van der Waals surface area contributed by atoms with Crippen LogP contribution in [0.15, 0.2) is 36.9 Å². The molecule has 0 amide bonds. The number of nitrogens with zero attached hydrogens (tertiary/aromatic N) is 2. The predicted octanol–water partition coefficient (Wildman–Crippen LogP) is 3.07. The van der Waals surface area contributed by atoms with E-state index in [2.05, 4.69) is 4.98 Å². The van der Waals surface area contributed by atoms with Gasteiger partial charge in [-0.1, -0.05) is 17.7 Å². The first-order valence-electron chi connectivity index (χ1n) is 5.99. The molecule has 3 rings (SSSR count). The van der Waals surface area contributed by atoms with Gasteiger partial charge >= 0.3 is 5.97 Å². The monoisotopic (exact) mass is 276 g/mol. The number of aromatic nitrogens is 2. The third-order valence-corrected chi connectivity index (χ3v) is 3.60. The Morgan fingerprint density at radius 3 is 2.89 bits per heavy atom. The predicted molar refractivity (Wildman–Crippen MR) is 71.3 cm³/mol. The van der Waals surface area contributed by atoms with Crippen LogP contribution in [0.2, 0.25) is 5.02 Å². The van der Waals surface area contributed by atoms with Crippen molar-refractivity contribution < 1.29 is 9.53 Å². The molecule has 2 aromatic rings. The van der Waals surface area contributed by atoms with E-state index in [9.17, 15) is 4.79 Å². The van der Waals surface area contributed by atoms with E-state index in [1.165, 1.54) is 0 Å². The van der Waals surface area contributed by atoms with Crippen LogP contribution in [-0.4, -0.2) is 21.1 Å². The maximum atomic E-state index is 12.1. The second kappa shape index (κ2) is 4.10. The molecule has 19 heavy (non-hydrogen) atoms. The summed E-state index contributed by atoms with van der Waals surface area (Å²) in [6.45, 7) is 3.79. The topological polar surface area (TPSA) is 44.1 Å². The summed E-state index contributed by atoms with van der Waals surface area (Å²) in [5, 5.41) is 0.528. The highest BCUT2D eigenvalue weighted by atomic mass is 35.5. The SMILES string of the molecule is CC1(C)OC(=O)c2cc(Cl)ccc2[C@@H]1n1ccnc1. The summed E-state index contributed by atoms with van der Waals surface area (Å²) < 4.78 is 7.49.